The monoisotopic (exact) mass is 136 g/mol. The van der Waals surface area contributed by atoms with Gasteiger partial charge in [0.05, 0.1) is 6.07 Å². The van der Waals surface area contributed by atoms with Crippen molar-refractivity contribution in [1.82, 2.24) is 5.32 Å². The van der Waals surface area contributed by atoms with Crippen LogP contribution in [0.2, 0.25) is 0 Å². The Hall–Kier alpha value is -0.550. The Bertz CT molecular complexity index is 174. The lowest BCUT2D eigenvalue weighted by Gasteiger charge is -2.18. The molecular formula is C8H12N2. The Kier molecular flexibility index (Phi) is 1.21. The molecule has 1 N–H and O–H groups in total. The van der Waals surface area contributed by atoms with Gasteiger partial charge in [0.2, 0.25) is 0 Å². The molecule has 1 saturated heterocycles. The van der Waals surface area contributed by atoms with Crippen molar-refractivity contribution in [3.63, 3.8) is 0 Å². The van der Waals surface area contributed by atoms with E-state index in [1.54, 1.807) is 0 Å². The molecule has 1 aliphatic heterocycles. The van der Waals surface area contributed by atoms with E-state index in [9.17, 15) is 0 Å². The van der Waals surface area contributed by atoms with Gasteiger partial charge in [0.1, 0.15) is 6.04 Å². The zero-order chi connectivity index (χ0) is 7.03. The minimum absolute atomic E-state index is 0.188. The van der Waals surface area contributed by atoms with E-state index in [4.69, 9.17) is 5.26 Å². The van der Waals surface area contributed by atoms with Gasteiger partial charge < -0.3 is 0 Å². The van der Waals surface area contributed by atoms with E-state index in [1.165, 1.54) is 32.1 Å². The summed E-state index contributed by atoms with van der Waals surface area (Å²) in [5.41, 5.74) is 0.285. The summed E-state index contributed by atoms with van der Waals surface area (Å²) in [6.45, 7) is 0. The van der Waals surface area contributed by atoms with E-state index < -0.39 is 0 Å². The third-order valence-electron chi connectivity index (χ3n) is 2.78. The highest BCUT2D eigenvalue weighted by Gasteiger charge is 2.53. The Morgan fingerprint density at radius 2 is 2.00 bits per heavy atom. The molecule has 2 heteroatoms. The van der Waals surface area contributed by atoms with Gasteiger partial charge in [0, 0.05) is 5.54 Å². The van der Waals surface area contributed by atoms with Crippen LogP contribution in [0.4, 0.5) is 0 Å². The van der Waals surface area contributed by atoms with Crippen molar-refractivity contribution in [1.29, 1.82) is 5.26 Å². The number of nitrogens with one attached hydrogen (secondary N) is 1. The molecule has 10 heavy (non-hydrogen) atoms. The Morgan fingerprint density at radius 3 is 2.50 bits per heavy atom. The molecule has 0 aromatic carbocycles. The van der Waals surface area contributed by atoms with E-state index in [1.807, 2.05) is 0 Å². The van der Waals surface area contributed by atoms with Crippen LogP contribution in [0, 0.1) is 11.3 Å². The minimum atomic E-state index is 0.188. The van der Waals surface area contributed by atoms with Gasteiger partial charge in [-0.05, 0) is 12.8 Å². The van der Waals surface area contributed by atoms with E-state index in [-0.39, 0.29) is 11.6 Å². The molecule has 1 spiro atoms. The van der Waals surface area contributed by atoms with Gasteiger partial charge in [0.25, 0.3) is 0 Å². The van der Waals surface area contributed by atoms with Crippen molar-refractivity contribution in [2.24, 2.45) is 0 Å². The van der Waals surface area contributed by atoms with E-state index in [2.05, 4.69) is 11.4 Å². The summed E-state index contributed by atoms with van der Waals surface area (Å²) < 4.78 is 0. The van der Waals surface area contributed by atoms with Crippen molar-refractivity contribution >= 4 is 0 Å². The fourth-order valence-corrected chi connectivity index (χ4v) is 2.02. The molecule has 2 fully saturated rings. The highest BCUT2D eigenvalue weighted by Crippen LogP contribution is 2.40. The molecule has 1 aliphatic carbocycles. The second kappa shape index (κ2) is 1.96. The van der Waals surface area contributed by atoms with Crippen LogP contribution in [0.25, 0.3) is 0 Å². The van der Waals surface area contributed by atoms with Crippen LogP contribution in [0.5, 0.6) is 0 Å². The van der Waals surface area contributed by atoms with E-state index >= 15 is 0 Å². The molecule has 54 valence electrons. The number of nitrogens with zero attached hydrogens (tertiary/aromatic N) is 1. The lowest BCUT2D eigenvalue weighted by molar-refractivity contribution is 0.405. The van der Waals surface area contributed by atoms with Crippen LogP contribution in [-0.4, -0.2) is 11.6 Å². The van der Waals surface area contributed by atoms with Gasteiger partial charge in [-0.1, -0.05) is 19.3 Å². The van der Waals surface area contributed by atoms with Gasteiger partial charge in [-0.2, -0.15) is 5.26 Å². The zero-order valence-corrected chi connectivity index (χ0v) is 6.06. The molecule has 2 nitrogen and oxygen atoms in total. The lowest BCUT2D eigenvalue weighted by Crippen LogP contribution is -2.20. The quantitative estimate of drug-likeness (QED) is 0.508. The maximum atomic E-state index is 8.61. The Labute approximate surface area is 61.2 Å². The normalized spacial score (nSPS) is 35.3. The molecule has 1 atom stereocenters. The first kappa shape index (κ1) is 6.18. The number of hydrogen-bond acceptors (Lipinski definition) is 2. The summed E-state index contributed by atoms with van der Waals surface area (Å²) in [4.78, 5) is 0. The van der Waals surface area contributed by atoms with Gasteiger partial charge in [-0.25, -0.2) is 0 Å². The standard InChI is InChI=1S/C8H12N2/c9-6-7-8(10-7)4-2-1-3-5-8/h7,10H,1-5H2. The summed E-state index contributed by atoms with van der Waals surface area (Å²) in [6, 6.07) is 2.48. The van der Waals surface area contributed by atoms with Gasteiger partial charge >= 0.3 is 0 Å². The summed E-state index contributed by atoms with van der Waals surface area (Å²) in [7, 11) is 0. The first-order valence-corrected chi connectivity index (χ1v) is 4.05. The summed E-state index contributed by atoms with van der Waals surface area (Å²) >= 11 is 0. The van der Waals surface area contributed by atoms with Gasteiger partial charge in [0.15, 0.2) is 0 Å². The molecule has 0 aromatic rings. The number of rotatable bonds is 0. The average molecular weight is 136 g/mol. The van der Waals surface area contributed by atoms with Crippen molar-refractivity contribution in [2.75, 3.05) is 0 Å². The van der Waals surface area contributed by atoms with Gasteiger partial charge in [-0.15, -0.1) is 0 Å². The van der Waals surface area contributed by atoms with Crippen LogP contribution < -0.4 is 5.32 Å². The van der Waals surface area contributed by atoms with Crippen LogP contribution in [0.15, 0.2) is 0 Å². The third-order valence-corrected chi connectivity index (χ3v) is 2.78. The first-order valence-electron chi connectivity index (χ1n) is 4.05. The molecule has 2 rings (SSSR count). The molecule has 0 radical (unpaired) electrons. The largest absolute Gasteiger partial charge is 0.292 e. The molecule has 0 aromatic heterocycles. The Morgan fingerprint density at radius 1 is 1.30 bits per heavy atom. The van der Waals surface area contributed by atoms with Crippen molar-refractivity contribution in [3.8, 4) is 6.07 Å². The number of hydrogen-bond donors (Lipinski definition) is 1. The molecular weight excluding hydrogens is 124 g/mol. The predicted octanol–water partition coefficient (Wildman–Crippen LogP) is 1.18. The van der Waals surface area contributed by atoms with Crippen LogP contribution in [0.3, 0.4) is 0 Å². The summed E-state index contributed by atoms with van der Waals surface area (Å²) in [5, 5.41) is 11.9. The highest BCUT2D eigenvalue weighted by atomic mass is 15.2. The molecule has 0 bridgehead atoms. The first-order chi connectivity index (χ1) is 4.87. The summed E-state index contributed by atoms with van der Waals surface area (Å²) in [5.74, 6) is 0. The topological polar surface area (TPSA) is 45.7 Å². The zero-order valence-electron chi connectivity index (χ0n) is 6.06. The highest BCUT2D eigenvalue weighted by molar-refractivity contribution is 5.24. The fraction of sp³-hybridized carbons (Fsp3) is 0.875. The Balaban J connectivity index is 1.99. The predicted molar refractivity (Wildman–Crippen MR) is 38.4 cm³/mol. The lowest BCUT2D eigenvalue weighted by atomic mass is 9.86. The second-order valence-corrected chi connectivity index (χ2v) is 3.42. The van der Waals surface area contributed by atoms with Crippen LogP contribution >= 0.6 is 0 Å². The molecule has 1 heterocycles. The fourth-order valence-electron chi connectivity index (χ4n) is 2.02. The average Bonchev–Trinajstić information content (AvgIpc) is 2.65. The van der Waals surface area contributed by atoms with E-state index in [0.29, 0.717) is 0 Å². The van der Waals surface area contributed by atoms with Crippen LogP contribution in [-0.2, 0) is 0 Å². The minimum Gasteiger partial charge on any atom is -0.292 e. The summed E-state index contributed by atoms with van der Waals surface area (Å²) in [6.07, 6.45) is 6.44. The molecule has 1 saturated carbocycles. The van der Waals surface area contributed by atoms with Crippen molar-refractivity contribution in [2.45, 2.75) is 43.7 Å². The maximum Gasteiger partial charge on any atom is 0.114 e. The smallest absolute Gasteiger partial charge is 0.114 e. The molecule has 0 amide bonds. The molecule has 1 unspecified atom stereocenters. The molecule has 2 aliphatic rings. The SMILES string of the molecule is N#CC1NC12CCCCC2. The van der Waals surface area contributed by atoms with E-state index in [0.717, 1.165) is 0 Å². The maximum absolute atomic E-state index is 8.61. The van der Waals surface area contributed by atoms with Crippen molar-refractivity contribution in [3.05, 3.63) is 0 Å². The van der Waals surface area contributed by atoms with Gasteiger partial charge in [-0.3, -0.25) is 5.32 Å². The third kappa shape index (κ3) is 0.741. The second-order valence-electron chi connectivity index (χ2n) is 3.42. The number of nitriles is 1. The van der Waals surface area contributed by atoms with Crippen molar-refractivity contribution < 1.29 is 0 Å². The van der Waals surface area contributed by atoms with Crippen LogP contribution in [0.1, 0.15) is 32.1 Å².